The molecule has 2 N–H and O–H groups in total. The van der Waals surface area contributed by atoms with Crippen LogP contribution in [0.2, 0.25) is 0 Å². The number of hydrogen-bond donors (Lipinski definition) is 2. The Bertz CT molecular complexity index is 693. The molecule has 5 nitrogen and oxygen atoms in total. The zero-order chi connectivity index (χ0) is 15.5. The number of pyridine rings is 1. The molecule has 0 bridgehead atoms. The molecule has 2 aromatic rings. The molecule has 0 aliphatic carbocycles. The van der Waals surface area contributed by atoms with Crippen molar-refractivity contribution in [3.8, 4) is 0 Å². The lowest BCUT2D eigenvalue weighted by atomic mass is 10.2. The Morgan fingerprint density at radius 2 is 1.71 bits per heavy atom. The maximum Gasteiger partial charge on any atom is 0.261 e. The Morgan fingerprint density at radius 1 is 1.05 bits per heavy atom. The van der Waals surface area contributed by atoms with Crippen molar-refractivity contribution in [2.24, 2.45) is 0 Å². The maximum atomic E-state index is 12.2. The van der Waals surface area contributed by atoms with E-state index in [2.05, 4.69) is 15.0 Å². The van der Waals surface area contributed by atoms with Gasteiger partial charge in [-0.05, 0) is 45.0 Å². The highest BCUT2D eigenvalue weighted by Gasteiger charge is 2.13. The first-order chi connectivity index (χ1) is 9.87. The van der Waals surface area contributed by atoms with Crippen LogP contribution in [-0.2, 0) is 10.0 Å². The Labute approximate surface area is 125 Å². The van der Waals surface area contributed by atoms with Gasteiger partial charge < -0.3 is 5.32 Å². The molecule has 112 valence electrons. The van der Waals surface area contributed by atoms with Crippen molar-refractivity contribution >= 4 is 21.5 Å². The van der Waals surface area contributed by atoms with E-state index in [1.165, 1.54) is 6.20 Å². The molecule has 0 aliphatic heterocycles. The first-order valence-electron chi connectivity index (χ1n) is 6.69. The van der Waals surface area contributed by atoms with Crippen LogP contribution in [0.25, 0.3) is 0 Å². The van der Waals surface area contributed by atoms with E-state index in [4.69, 9.17) is 0 Å². The van der Waals surface area contributed by atoms with Gasteiger partial charge in [0.15, 0.2) is 0 Å². The molecule has 0 fully saturated rings. The standard InChI is InChI=1S/C15H19N3O2S/c1-11(2)17-15-9-6-13(10-16-15)18-21(19,20)14-7-4-12(3)5-8-14/h4-11,18H,1-3H3,(H,16,17). The monoisotopic (exact) mass is 305 g/mol. The summed E-state index contributed by atoms with van der Waals surface area (Å²) in [7, 11) is -3.58. The lowest BCUT2D eigenvalue weighted by molar-refractivity contribution is 0.601. The second kappa shape index (κ2) is 6.13. The minimum atomic E-state index is -3.58. The summed E-state index contributed by atoms with van der Waals surface area (Å²) in [5.74, 6) is 0.711. The summed E-state index contributed by atoms with van der Waals surface area (Å²) in [5, 5.41) is 3.14. The molecular weight excluding hydrogens is 286 g/mol. The van der Waals surface area contributed by atoms with Gasteiger partial charge in [0.1, 0.15) is 5.82 Å². The zero-order valence-electron chi connectivity index (χ0n) is 12.3. The number of rotatable bonds is 5. The van der Waals surface area contributed by atoms with E-state index in [1.807, 2.05) is 20.8 Å². The molecular formula is C15H19N3O2S. The molecule has 2 rings (SSSR count). The van der Waals surface area contributed by atoms with Gasteiger partial charge in [0.2, 0.25) is 0 Å². The van der Waals surface area contributed by atoms with E-state index in [9.17, 15) is 8.42 Å². The number of aromatic nitrogens is 1. The molecule has 0 spiro atoms. The summed E-state index contributed by atoms with van der Waals surface area (Å²) in [6.07, 6.45) is 1.50. The summed E-state index contributed by atoms with van der Waals surface area (Å²) in [6.45, 7) is 5.93. The quantitative estimate of drug-likeness (QED) is 0.891. The topological polar surface area (TPSA) is 71.1 Å². The molecule has 0 atom stereocenters. The summed E-state index contributed by atoms with van der Waals surface area (Å²) in [4.78, 5) is 4.41. The van der Waals surface area contributed by atoms with Crippen LogP contribution < -0.4 is 10.0 Å². The molecule has 0 aliphatic rings. The van der Waals surface area contributed by atoms with E-state index in [1.54, 1.807) is 36.4 Å². The highest BCUT2D eigenvalue weighted by atomic mass is 32.2. The molecule has 1 aromatic heterocycles. The van der Waals surface area contributed by atoms with Gasteiger partial charge in [-0.1, -0.05) is 17.7 Å². The third kappa shape index (κ3) is 4.19. The van der Waals surface area contributed by atoms with Crippen LogP contribution in [-0.4, -0.2) is 19.4 Å². The van der Waals surface area contributed by atoms with Gasteiger partial charge in [-0.25, -0.2) is 13.4 Å². The normalized spacial score (nSPS) is 11.4. The number of aryl methyl sites for hydroxylation is 1. The van der Waals surface area contributed by atoms with Crippen LogP contribution >= 0.6 is 0 Å². The molecule has 0 amide bonds. The van der Waals surface area contributed by atoms with Crippen molar-refractivity contribution in [3.63, 3.8) is 0 Å². The zero-order valence-corrected chi connectivity index (χ0v) is 13.1. The smallest absolute Gasteiger partial charge is 0.261 e. The lowest BCUT2D eigenvalue weighted by Crippen LogP contribution is -2.14. The minimum absolute atomic E-state index is 0.234. The summed E-state index contributed by atoms with van der Waals surface area (Å²) < 4.78 is 27.0. The average molecular weight is 305 g/mol. The number of anilines is 2. The second-order valence-electron chi connectivity index (χ2n) is 5.15. The highest BCUT2D eigenvalue weighted by molar-refractivity contribution is 7.92. The Kier molecular flexibility index (Phi) is 4.47. The lowest BCUT2D eigenvalue weighted by Gasteiger charge is -2.11. The number of sulfonamides is 1. The third-order valence-corrected chi connectivity index (χ3v) is 4.18. The van der Waals surface area contributed by atoms with E-state index >= 15 is 0 Å². The molecule has 0 saturated carbocycles. The molecule has 1 heterocycles. The van der Waals surface area contributed by atoms with E-state index in [0.29, 0.717) is 11.5 Å². The second-order valence-corrected chi connectivity index (χ2v) is 6.83. The van der Waals surface area contributed by atoms with E-state index in [-0.39, 0.29) is 10.9 Å². The summed E-state index contributed by atoms with van der Waals surface area (Å²) in [6, 6.07) is 10.4. The van der Waals surface area contributed by atoms with Gasteiger partial charge in [-0.15, -0.1) is 0 Å². The summed E-state index contributed by atoms with van der Waals surface area (Å²) in [5.41, 5.74) is 1.45. The largest absolute Gasteiger partial charge is 0.368 e. The van der Waals surface area contributed by atoms with Crippen molar-refractivity contribution in [1.29, 1.82) is 0 Å². The molecule has 0 saturated heterocycles. The predicted octanol–water partition coefficient (Wildman–Crippen LogP) is 3.01. The van der Waals surface area contributed by atoms with Crippen LogP contribution in [0, 0.1) is 6.92 Å². The number of hydrogen-bond acceptors (Lipinski definition) is 4. The maximum absolute atomic E-state index is 12.2. The third-order valence-electron chi connectivity index (χ3n) is 2.78. The molecule has 21 heavy (non-hydrogen) atoms. The van der Waals surface area contributed by atoms with Gasteiger partial charge in [-0.3, -0.25) is 4.72 Å². The van der Waals surface area contributed by atoms with Crippen LogP contribution in [0.3, 0.4) is 0 Å². The fourth-order valence-electron chi connectivity index (χ4n) is 1.77. The van der Waals surface area contributed by atoms with Crippen LogP contribution in [0.4, 0.5) is 11.5 Å². The van der Waals surface area contributed by atoms with Gasteiger partial charge in [-0.2, -0.15) is 0 Å². The van der Waals surface area contributed by atoms with Crippen LogP contribution in [0.5, 0.6) is 0 Å². The van der Waals surface area contributed by atoms with E-state index in [0.717, 1.165) is 5.56 Å². The number of nitrogens with one attached hydrogen (secondary N) is 2. The van der Waals surface area contributed by atoms with Crippen molar-refractivity contribution < 1.29 is 8.42 Å². The Balaban J connectivity index is 2.15. The number of nitrogens with zero attached hydrogens (tertiary/aromatic N) is 1. The van der Waals surface area contributed by atoms with Crippen molar-refractivity contribution in [1.82, 2.24) is 4.98 Å². The molecule has 6 heteroatoms. The first-order valence-corrected chi connectivity index (χ1v) is 8.17. The molecule has 0 unspecified atom stereocenters. The van der Waals surface area contributed by atoms with Crippen molar-refractivity contribution in [2.45, 2.75) is 31.7 Å². The van der Waals surface area contributed by atoms with Gasteiger partial charge >= 0.3 is 0 Å². The summed E-state index contributed by atoms with van der Waals surface area (Å²) >= 11 is 0. The Morgan fingerprint density at radius 3 is 2.24 bits per heavy atom. The minimum Gasteiger partial charge on any atom is -0.368 e. The van der Waals surface area contributed by atoms with E-state index < -0.39 is 10.0 Å². The Hall–Kier alpha value is -2.08. The first kappa shape index (κ1) is 15.3. The highest BCUT2D eigenvalue weighted by Crippen LogP contribution is 2.17. The molecule has 0 radical (unpaired) electrons. The SMILES string of the molecule is Cc1ccc(S(=O)(=O)Nc2ccc(NC(C)C)nc2)cc1. The van der Waals surface area contributed by atoms with Gasteiger partial charge in [0, 0.05) is 6.04 Å². The molecule has 1 aromatic carbocycles. The predicted molar refractivity (Wildman–Crippen MR) is 85.0 cm³/mol. The average Bonchev–Trinajstić information content (AvgIpc) is 2.40. The number of benzene rings is 1. The van der Waals surface area contributed by atoms with Crippen LogP contribution in [0.1, 0.15) is 19.4 Å². The van der Waals surface area contributed by atoms with Crippen LogP contribution in [0.15, 0.2) is 47.5 Å². The van der Waals surface area contributed by atoms with Gasteiger partial charge in [0.05, 0.1) is 16.8 Å². The fraction of sp³-hybridized carbons (Fsp3) is 0.267. The van der Waals surface area contributed by atoms with Crippen molar-refractivity contribution in [2.75, 3.05) is 10.0 Å². The van der Waals surface area contributed by atoms with Crippen molar-refractivity contribution in [3.05, 3.63) is 48.2 Å². The van der Waals surface area contributed by atoms with Gasteiger partial charge in [0.25, 0.3) is 10.0 Å². The fourth-order valence-corrected chi connectivity index (χ4v) is 2.81.